The van der Waals surface area contributed by atoms with Crippen LogP contribution in [0, 0.1) is 23.2 Å². The van der Waals surface area contributed by atoms with Crippen molar-refractivity contribution in [2.75, 3.05) is 6.54 Å². The van der Waals surface area contributed by atoms with E-state index in [-0.39, 0.29) is 18.1 Å². The third kappa shape index (κ3) is 3.66. The summed E-state index contributed by atoms with van der Waals surface area (Å²) in [5.41, 5.74) is 6.83. The molecule has 5 aliphatic carbocycles. The Kier molecular flexibility index (Phi) is 4.83. The highest BCUT2D eigenvalue weighted by Crippen LogP contribution is 2.59. The fourth-order valence-corrected chi connectivity index (χ4v) is 7.15. The van der Waals surface area contributed by atoms with Gasteiger partial charge < -0.3 is 15.8 Å². The molecule has 1 aromatic carbocycles. The van der Waals surface area contributed by atoms with Crippen molar-refractivity contribution in [2.45, 2.75) is 69.9 Å². The van der Waals surface area contributed by atoms with Gasteiger partial charge in [0.2, 0.25) is 0 Å². The van der Waals surface area contributed by atoms with E-state index in [2.05, 4.69) is 5.32 Å². The van der Waals surface area contributed by atoms with Crippen molar-refractivity contribution in [2.24, 2.45) is 28.9 Å². The Balaban J connectivity index is 1.21. The van der Waals surface area contributed by atoms with Gasteiger partial charge in [-0.1, -0.05) is 11.6 Å². The predicted molar refractivity (Wildman–Crippen MR) is 111 cm³/mol. The summed E-state index contributed by atoms with van der Waals surface area (Å²) in [6.45, 7) is 0.796. The van der Waals surface area contributed by atoms with E-state index in [1.54, 1.807) is 12.1 Å². The summed E-state index contributed by atoms with van der Waals surface area (Å²) in [6, 6.07) is 5.65. The highest BCUT2D eigenvalue weighted by molar-refractivity contribution is 6.34. The minimum absolute atomic E-state index is 0.0600. The van der Waals surface area contributed by atoms with E-state index in [0.29, 0.717) is 16.0 Å². The summed E-state index contributed by atoms with van der Waals surface area (Å²) in [7, 11) is 0. The summed E-state index contributed by atoms with van der Waals surface area (Å²) in [4.78, 5) is 12.8. The molecule has 4 nitrogen and oxygen atoms in total. The van der Waals surface area contributed by atoms with Gasteiger partial charge in [-0.05, 0) is 99.2 Å². The lowest BCUT2D eigenvalue weighted by molar-refractivity contribution is -0.0503. The second-order valence-electron chi connectivity index (χ2n) is 10.1. The maximum absolute atomic E-state index is 12.8. The van der Waals surface area contributed by atoms with E-state index in [0.717, 1.165) is 49.3 Å². The second kappa shape index (κ2) is 7.21. The first-order valence-electron chi connectivity index (χ1n) is 11.0. The van der Waals surface area contributed by atoms with Crippen molar-refractivity contribution in [1.29, 1.82) is 0 Å². The summed E-state index contributed by atoms with van der Waals surface area (Å²) in [5, 5.41) is 3.68. The van der Waals surface area contributed by atoms with Gasteiger partial charge in [-0.15, -0.1) is 0 Å². The van der Waals surface area contributed by atoms with Gasteiger partial charge in [0, 0.05) is 12.6 Å². The SMILES string of the molecule is N[C@H]1CC[C@@H](Oc2ccc(C(=O)NCC34CC5CC(CC(C5)C3)C4)c(Cl)c2)C1. The van der Waals surface area contributed by atoms with Gasteiger partial charge in [-0.25, -0.2) is 0 Å². The van der Waals surface area contributed by atoms with Gasteiger partial charge in [0.15, 0.2) is 0 Å². The fraction of sp³-hybridized carbons (Fsp3) is 0.696. The Morgan fingerprint density at radius 2 is 1.79 bits per heavy atom. The molecule has 152 valence electrons. The minimum Gasteiger partial charge on any atom is -0.490 e. The molecule has 2 atom stereocenters. The third-order valence-electron chi connectivity index (χ3n) is 7.70. The van der Waals surface area contributed by atoms with Gasteiger partial charge in [0.1, 0.15) is 11.9 Å². The number of hydrogen-bond donors (Lipinski definition) is 2. The number of halogens is 1. The predicted octanol–water partition coefficient (Wildman–Crippen LogP) is 4.54. The van der Waals surface area contributed by atoms with Crippen LogP contribution in [-0.4, -0.2) is 24.6 Å². The zero-order chi connectivity index (χ0) is 19.3. The molecule has 0 unspecified atom stereocenters. The molecule has 0 radical (unpaired) electrons. The van der Waals surface area contributed by atoms with Crippen LogP contribution in [0.2, 0.25) is 5.02 Å². The highest BCUT2D eigenvalue weighted by Gasteiger charge is 2.50. The monoisotopic (exact) mass is 402 g/mol. The number of benzene rings is 1. The zero-order valence-electron chi connectivity index (χ0n) is 16.5. The maximum atomic E-state index is 12.8. The lowest BCUT2D eigenvalue weighted by Crippen LogP contribution is -2.51. The van der Waals surface area contributed by atoms with Crippen LogP contribution in [0.5, 0.6) is 5.75 Å². The molecule has 5 aliphatic rings. The maximum Gasteiger partial charge on any atom is 0.252 e. The van der Waals surface area contributed by atoms with Gasteiger partial charge in [-0.2, -0.15) is 0 Å². The summed E-state index contributed by atoms with van der Waals surface area (Å²) in [5.74, 6) is 3.35. The van der Waals surface area contributed by atoms with Crippen molar-refractivity contribution in [1.82, 2.24) is 5.32 Å². The molecule has 1 aromatic rings. The molecule has 5 saturated carbocycles. The highest BCUT2D eigenvalue weighted by atomic mass is 35.5. The lowest BCUT2D eigenvalue weighted by Gasteiger charge is -2.56. The number of hydrogen-bond acceptors (Lipinski definition) is 3. The molecule has 0 aliphatic heterocycles. The number of nitrogens with one attached hydrogen (secondary N) is 1. The normalized spacial score (nSPS) is 38.6. The molecule has 5 heteroatoms. The van der Waals surface area contributed by atoms with E-state index >= 15 is 0 Å². The summed E-state index contributed by atoms with van der Waals surface area (Å²) < 4.78 is 5.99. The van der Waals surface area contributed by atoms with Gasteiger partial charge >= 0.3 is 0 Å². The lowest BCUT2D eigenvalue weighted by atomic mass is 9.49. The van der Waals surface area contributed by atoms with Crippen LogP contribution >= 0.6 is 11.6 Å². The standard InChI is InChI=1S/C23H31ClN2O2/c24-21-9-19(28-18-2-1-17(25)8-18)3-4-20(21)22(27)26-13-23-10-14-5-15(11-23)7-16(6-14)12-23/h3-4,9,14-18H,1-2,5-8,10-13,25H2,(H,26,27)/t14?,15?,16?,17-,18+,23?/m0/s1. The number of carbonyl (C=O) groups is 1. The number of amides is 1. The minimum atomic E-state index is -0.0600. The Hall–Kier alpha value is -1.26. The van der Waals surface area contributed by atoms with E-state index < -0.39 is 0 Å². The fourth-order valence-electron chi connectivity index (χ4n) is 6.90. The van der Waals surface area contributed by atoms with Crippen molar-refractivity contribution in [3.8, 4) is 5.75 Å². The number of nitrogens with two attached hydrogens (primary N) is 1. The first kappa shape index (κ1) is 18.7. The Morgan fingerprint density at radius 1 is 1.11 bits per heavy atom. The third-order valence-corrected chi connectivity index (χ3v) is 8.01. The van der Waals surface area contributed by atoms with E-state index in [4.69, 9.17) is 22.1 Å². The molecular weight excluding hydrogens is 372 g/mol. The van der Waals surface area contributed by atoms with Crippen molar-refractivity contribution >= 4 is 17.5 Å². The van der Waals surface area contributed by atoms with Gasteiger partial charge in [-0.3, -0.25) is 4.79 Å². The molecule has 3 N–H and O–H groups in total. The van der Waals surface area contributed by atoms with E-state index in [1.807, 2.05) is 6.07 Å². The topological polar surface area (TPSA) is 64.3 Å². The summed E-state index contributed by atoms with van der Waals surface area (Å²) in [6.07, 6.45) is 11.2. The van der Waals surface area contributed by atoms with Crippen LogP contribution in [0.1, 0.15) is 68.1 Å². The van der Waals surface area contributed by atoms with Crippen molar-refractivity contribution in [3.05, 3.63) is 28.8 Å². The van der Waals surface area contributed by atoms with Crippen molar-refractivity contribution in [3.63, 3.8) is 0 Å². The molecule has 4 bridgehead atoms. The molecule has 0 spiro atoms. The van der Waals surface area contributed by atoms with Crippen LogP contribution in [-0.2, 0) is 0 Å². The van der Waals surface area contributed by atoms with Crippen LogP contribution in [0.4, 0.5) is 0 Å². The van der Waals surface area contributed by atoms with Gasteiger partial charge in [0.05, 0.1) is 10.6 Å². The van der Waals surface area contributed by atoms with Gasteiger partial charge in [0.25, 0.3) is 5.91 Å². The zero-order valence-corrected chi connectivity index (χ0v) is 17.2. The number of carbonyl (C=O) groups excluding carboxylic acids is 1. The quantitative estimate of drug-likeness (QED) is 0.759. The molecule has 0 saturated heterocycles. The summed E-state index contributed by atoms with van der Waals surface area (Å²) >= 11 is 6.43. The smallest absolute Gasteiger partial charge is 0.252 e. The average molecular weight is 403 g/mol. The first-order chi connectivity index (χ1) is 13.5. The average Bonchev–Trinajstić information content (AvgIpc) is 3.03. The molecule has 28 heavy (non-hydrogen) atoms. The Labute approximate surface area is 172 Å². The molecule has 0 aromatic heterocycles. The van der Waals surface area contributed by atoms with Crippen LogP contribution in [0.25, 0.3) is 0 Å². The Bertz CT molecular complexity index is 730. The molecular formula is C23H31ClN2O2. The number of ether oxygens (including phenoxy) is 1. The van der Waals surface area contributed by atoms with E-state index in [1.165, 1.54) is 38.5 Å². The number of rotatable bonds is 5. The molecule has 1 amide bonds. The molecule has 6 rings (SSSR count). The first-order valence-corrected chi connectivity index (χ1v) is 11.4. The molecule has 0 heterocycles. The van der Waals surface area contributed by atoms with Crippen LogP contribution in [0.3, 0.4) is 0 Å². The van der Waals surface area contributed by atoms with Crippen LogP contribution < -0.4 is 15.8 Å². The second-order valence-corrected chi connectivity index (χ2v) is 10.5. The van der Waals surface area contributed by atoms with Crippen molar-refractivity contribution < 1.29 is 9.53 Å². The van der Waals surface area contributed by atoms with E-state index in [9.17, 15) is 4.79 Å². The Morgan fingerprint density at radius 3 is 2.36 bits per heavy atom. The molecule has 5 fully saturated rings. The van der Waals surface area contributed by atoms with Crippen LogP contribution in [0.15, 0.2) is 18.2 Å². The largest absolute Gasteiger partial charge is 0.490 e.